The first-order chi connectivity index (χ1) is 19.3. The molecule has 1 aliphatic carbocycles. The lowest BCUT2D eigenvalue weighted by molar-refractivity contribution is -0.137. The number of halogens is 2. The van der Waals surface area contributed by atoms with Crippen molar-refractivity contribution in [3.05, 3.63) is 99.6 Å². The van der Waals surface area contributed by atoms with Crippen LogP contribution < -0.4 is 5.56 Å². The second kappa shape index (κ2) is 11.7. The number of aromatic nitrogens is 2. The number of aliphatic carboxylic acids is 1. The molecule has 8 nitrogen and oxygen atoms in total. The highest BCUT2D eigenvalue weighted by atomic mass is 19.1. The SMILES string of the molecule is CC(C1=NC(c2ccc3c(=O)n(C4C=CC(F)=CC4)c(CCCCC(=O)O)nc3c2)=NCO1)c1ccc(F)cc1. The number of hydrogen-bond acceptors (Lipinski definition) is 6. The van der Waals surface area contributed by atoms with Gasteiger partial charge in [-0.3, -0.25) is 14.2 Å². The van der Waals surface area contributed by atoms with Crippen molar-refractivity contribution in [3.63, 3.8) is 0 Å². The van der Waals surface area contributed by atoms with Crippen LogP contribution in [0, 0.1) is 5.82 Å². The lowest BCUT2D eigenvalue weighted by Gasteiger charge is -2.22. The van der Waals surface area contributed by atoms with Crippen molar-refractivity contribution in [3.8, 4) is 0 Å². The second-order valence-electron chi connectivity index (χ2n) is 9.77. The van der Waals surface area contributed by atoms with E-state index in [-0.39, 0.29) is 36.3 Å². The Bertz CT molecular complexity index is 1620. The monoisotopic (exact) mass is 546 g/mol. The molecular weight excluding hydrogens is 518 g/mol. The highest BCUT2D eigenvalue weighted by Gasteiger charge is 2.22. The smallest absolute Gasteiger partial charge is 0.303 e. The van der Waals surface area contributed by atoms with Crippen molar-refractivity contribution in [1.82, 2.24) is 9.55 Å². The standard InChI is InChI=1S/C30H28F2N4O4/c1-18(19-6-9-21(31)10-7-19)29-35-28(33-17-40-29)20-8-15-24-25(16-20)34-26(4-2-3-5-27(37)38)36(30(24)39)23-13-11-22(32)12-14-23/h6-13,15-16,18,23H,2-5,14,17H2,1H3,(H,37,38). The number of unbranched alkanes of at least 4 members (excludes halogenated alkanes) is 1. The van der Waals surface area contributed by atoms with Crippen LogP contribution in [0.5, 0.6) is 0 Å². The fourth-order valence-electron chi connectivity index (χ4n) is 4.84. The number of aliphatic imine (C=N–C) groups is 2. The van der Waals surface area contributed by atoms with Crippen LogP contribution in [0.25, 0.3) is 10.9 Å². The molecule has 0 saturated carbocycles. The predicted octanol–water partition coefficient (Wildman–Crippen LogP) is 5.62. The number of carboxylic acids is 1. The number of carbonyl (C=O) groups is 1. The van der Waals surface area contributed by atoms with Crippen LogP contribution in [0.4, 0.5) is 8.78 Å². The summed E-state index contributed by atoms with van der Waals surface area (Å²) in [6.07, 6.45) is 6.13. The van der Waals surface area contributed by atoms with Crippen molar-refractivity contribution in [1.29, 1.82) is 0 Å². The van der Waals surface area contributed by atoms with Crippen LogP contribution in [0.15, 0.2) is 81.3 Å². The van der Waals surface area contributed by atoms with E-state index in [1.165, 1.54) is 24.3 Å². The largest absolute Gasteiger partial charge is 0.481 e. The van der Waals surface area contributed by atoms with Gasteiger partial charge in [0.15, 0.2) is 18.5 Å². The maximum atomic E-state index is 13.7. The van der Waals surface area contributed by atoms with Gasteiger partial charge >= 0.3 is 5.97 Å². The Labute approximate surface area is 229 Å². The van der Waals surface area contributed by atoms with Crippen molar-refractivity contribution in [2.75, 3.05) is 6.73 Å². The van der Waals surface area contributed by atoms with Gasteiger partial charge in [-0.2, -0.15) is 4.99 Å². The van der Waals surface area contributed by atoms with Gasteiger partial charge < -0.3 is 9.84 Å². The van der Waals surface area contributed by atoms with Crippen LogP contribution in [0.2, 0.25) is 0 Å². The lowest BCUT2D eigenvalue weighted by Crippen LogP contribution is -2.29. The Balaban J connectivity index is 1.49. The van der Waals surface area contributed by atoms with E-state index in [9.17, 15) is 18.4 Å². The third-order valence-electron chi connectivity index (χ3n) is 7.02. The molecule has 1 aromatic heterocycles. The van der Waals surface area contributed by atoms with E-state index in [2.05, 4.69) is 9.98 Å². The van der Waals surface area contributed by atoms with Crippen molar-refractivity contribution < 1.29 is 23.4 Å². The Kier molecular flexibility index (Phi) is 7.95. The topological polar surface area (TPSA) is 106 Å². The number of hydrogen-bond donors (Lipinski definition) is 1. The van der Waals surface area contributed by atoms with Gasteiger partial charge in [-0.1, -0.05) is 24.3 Å². The molecule has 1 N–H and O–H groups in total. The summed E-state index contributed by atoms with van der Waals surface area (Å²) >= 11 is 0. The molecule has 2 aliphatic rings. The molecule has 0 amide bonds. The summed E-state index contributed by atoms with van der Waals surface area (Å²) in [5, 5.41) is 9.40. The van der Waals surface area contributed by atoms with Crippen LogP contribution in [0.1, 0.15) is 61.5 Å². The minimum Gasteiger partial charge on any atom is -0.481 e. The number of carboxylic acid groups (broad SMARTS) is 1. The van der Waals surface area contributed by atoms with Crippen molar-refractivity contribution >= 4 is 28.6 Å². The van der Waals surface area contributed by atoms with E-state index >= 15 is 0 Å². The van der Waals surface area contributed by atoms with Crippen LogP contribution >= 0.6 is 0 Å². The minimum atomic E-state index is -0.879. The Morgan fingerprint density at radius 2 is 1.98 bits per heavy atom. The summed E-state index contributed by atoms with van der Waals surface area (Å²) in [6.45, 7) is 1.98. The molecule has 2 atom stereocenters. The molecule has 206 valence electrons. The first kappa shape index (κ1) is 27.1. The van der Waals surface area contributed by atoms with Crippen LogP contribution in [-0.4, -0.2) is 39.1 Å². The highest BCUT2D eigenvalue weighted by Crippen LogP contribution is 2.25. The Hall–Kier alpha value is -4.47. The summed E-state index contributed by atoms with van der Waals surface area (Å²) in [7, 11) is 0. The second-order valence-corrected chi connectivity index (χ2v) is 9.77. The predicted molar refractivity (Wildman–Crippen MR) is 148 cm³/mol. The number of fused-ring (bicyclic) bond motifs is 1. The van der Waals surface area contributed by atoms with Gasteiger partial charge in [0.25, 0.3) is 5.56 Å². The zero-order valence-electron chi connectivity index (χ0n) is 21.9. The maximum Gasteiger partial charge on any atom is 0.303 e. The summed E-state index contributed by atoms with van der Waals surface area (Å²) in [5.41, 5.74) is 1.72. The number of ether oxygens (including phenoxy) is 1. The summed E-state index contributed by atoms with van der Waals surface area (Å²) in [5.74, 6) is -0.390. The van der Waals surface area contributed by atoms with E-state index in [0.717, 1.165) is 5.56 Å². The summed E-state index contributed by atoms with van der Waals surface area (Å²) in [6, 6.07) is 11.0. The normalized spacial score (nSPS) is 17.6. The third-order valence-corrected chi connectivity index (χ3v) is 7.02. The van der Waals surface area contributed by atoms with E-state index in [1.54, 1.807) is 41.0 Å². The van der Waals surface area contributed by atoms with Gasteiger partial charge in [-0.25, -0.2) is 18.8 Å². The Morgan fingerprint density at radius 1 is 1.18 bits per heavy atom. The molecule has 40 heavy (non-hydrogen) atoms. The molecule has 3 aromatic rings. The molecule has 2 heterocycles. The van der Waals surface area contributed by atoms with E-state index < -0.39 is 12.0 Å². The average molecular weight is 547 g/mol. The van der Waals surface area contributed by atoms with Crippen molar-refractivity contribution in [2.24, 2.45) is 9.98 Å². The van der Waals surface area contributed by atoms with Gasteiger partial charge in [0.05, 0.1) is 22.9 Å². The van der Waals surface area contributed by atoms with Crippen molar-refractivity contribution in [2.45, 2.75) is 51.0 Å². The van der Waals surface area contributed by atoms with E-state index in [1.807, 2.05) is 6.92 Å². The molecule has 1 aliphatic heterocycles. The fourth-order valence-corrected chi connectivity index (χ4v) is 4.84. The van der Waals surface area contributed by atoms with Crippen LogP contribution in [-0.2, 0) is 16.0 Å². The molecule has 10 heteroatoms. The molecule has 2 unspecified atom stereocenters. The molecule has 5 rings (SSSR count). The number of nitrogens with zero attached hydrogens (tertiary/aromatic N) is 4. The molecular formula is C30H28F2N4O4. The van der Waals surface area contributed by atoms with Gasteiger partial charge in [0.1, 0.15) is 17.5 Å². The average Bonchev–Trinajstić information content (AvgIpc) is 2.96. The fraction of sp³-hybridized carbons (Fsp3) is 0.300. The number of aryl methyl sites for hydroxylation is 1. The van der Waals surface area contributed by atoms with Gasteiger partial charge in [0, 0.05) is 18.4 Å². The molecule has 0 radical (unpaired) electrons. The molecule has 0 bridgehead atoms. The van der Waals surface area contributed by atoms with Gasteiger partial charge in [-0.15, -0.1) is 0 Å². The van der Waals surface area contributed by atoms with Gasteiger partial charge in [-0.05, 0) is 68.2 Å². The Morgan fingerprint density at radius 3 is 2.70 bits per heavy atom. The third kappa shape index (κ3) is 5.90. The summed E-state index contributed by atoms with van der Waals surface area (Å²) in [4.78, 5) is 38.4. The zero-order valence-corrected chi connectivity index (χ0v) is 21.9. The number of amidine groups is 1. The van der Waals surface area contributed by atoms with Crippen LogP contribution in [0.3, 0.4) is 0 Å². The molecule has 2 aromatic carbocycles. The lowest BCUT2D eigenvalue weighted by atomic mass is 10.0. The number of rotatable bonds is 9. The minimum absolute atomic E-state index is 0.0256. The maximum absolute atomic E-state index is 13.7. The zero-order chi connectivity index (χ0) is 28.2. The van der Waals surface area contributed by atoms with E-state index in [4.69, 9.17) is 14.8 Å². The molecule has 0 fully saturated rings. The quantitative estimate of drug-likeness (QED) is 0.351. The molecule has 0 spiro atoms. The first-order valence-electron chi connectivity index (χ1n) is 13.1. The van der Waals surface area contributed by atoms with Gasteiger partial charge in [0.2, 0.25) is 0 Å². The number of allylic oxidation sites excluding steroid dienone is 4. The number of benzene rings is 2. The first-order valence-corrected chi connectivity index (χ1v) is 13.1. The summed E-state index contributed by atoms with van der Waals surface area (Å²) < 4.78 is 34.3. The van der Waals surface area contributed by atoms with E-state index in [0.29, 0.717) is 59.7 Å². The highest BCUT2D eigenvalue weighted by molar-refractivity contribution is 6.08. The molecule has 0 saturated heterocycles.